The number of furan rings is 1. The lowest BCUT2D eigenvalue weighted by Crippen LogP contribution is -2.00. The highest BCUT2D eigenvalue weighted by Gasteiger charge is 2.12. The van der Waals surface area contributed by atoms with Gasteiger partial charge in [-0.3, -0.25) is 0 Å². The van der Waals surface area contributed by atoms with E-state index in [1.54, 1.807) is 0 Å². The molecule has 4 aromatic rings. The predicted octanol–water partition coefficient (Wildman–Crippen LogP) is 8.50. The molecule has 0 spiro atoms. The minimum absolute atomic E-state index is 0.768. The molecule has 3 heteroatoms. The summed E-state index contributed by atoms with van der Waals surface area (Å²) in [5.41, 5.74) is 13.7. The number of hydrogen-bond acceptors (Lipinski definition) is 3. The van der Waals surface area contributed by atoms with Crippen molar-refractivity contribution in [3.05, 3.63) is 138 Å². The van der Waals surface area contributed by atoms with Gasteiger partial charge in [0.2, 0.25) is 0 Å². The Balaban J connectivity index is 1.66. The summed E-state index contributed by atoms with van der Waals surface area (Å²) in [5.74, 6) is 0.788. The quantitative estimate of drug-likeness (QED) is 0.195. The summed E-state index contributed by atoms with van der Waals surface area (Å²) < 4.78 is 6.14. The second-order valence-corrected chi connectivity index (χ2v) is 8.17. The normalized spacial score (nSPS) is 12.3. The van der Waals surface area contributed by atoms with Gasteiger partial charge in [0, 0.05) is 33.6 Å². The van der Waals surface area contributed by atoms with Gasteiger partial charge < -0.3 is 15.5 Å². The highest BCUT2D eigenvalue weighted by Crippen LogP contribution is 2.32. The molecular formula is C32H30N2O. The summed E-state index contributed by atoms with van der Waals surface area (Å²) in [7, 11) is 0. The topological polar surface area (TPSA) is 51.2 Å². The van der Waals surface area contributed by atoms with Crippen LogP contribution in [0.4, 0.5) is 11.4 Å². The van der Waals surface area contributed by atoms with Gasteiger partial charge in [0.05, 0.1) is 0 Å². The molecule has 3 aromatic carbocycles. The molecule has 174 valence electrons. The number of fused-ring (bicyclic) bond motifs is 1. The summed E-state index contributed by atoms with van der Waals surface area (Å²) in [4.78, 5) is 0. The Morgan fingerprint density at radius 2 is 1.83 bits per heavy atom. The first-order valence-electron chi connectivity index (χ1n) is 11.6. The van der Waals surface area contributed by atoms with Crippen LogP contribution in [0.5, 0.6) is 0 Å². The fraction of sp³-hybridized carbons (Fsp3) is 0.0625. The van der Waals surface area contributed by atoms with Gasteiger partial charge in [-0.1, -0.05) is 79.9 Å². The SMILES string of the molecule is C=C/C(=C(\C=C/C)Nc1ccc2oc(/C=C\Cc3cccc(N)c3)c(C=C)c2c1)c1ccccc1. The summed E-state index contributed by atoms with van der Waals surface area (Å²) in [5, 5.41) is 4.58. The minimum Gasteiger partial charge on any atom is -0.456 e. The maximum atomic E-state index is 6.14. The molecule has 0 aliphatic heterocycles. The molecule has 0 fully saturated rings. The molecule has 0 saturated heterocycles. The molecule has 0 saturated carbocycles. The van der Waals surface area contributed by atoms with Gasteiger partial charge in [-0.2, -0.15) is 0 Å². The zero-order chi connectivity index (χ0) is 24.6. The molecule has 3 nitrogen and oxygen atoms in total. The van der Waals surface area contributed by atoms with Crippen LogP contribution < -0.4 is 11.1 Å². The summed E-state index contributed by atoms with van der Waals surface area (Å²) in [6.07, 6.45) is 12.7. The first-order valence-corrected chi connectivity index (χ1v) is 11.6. The number of nitrogens with one attached hydrogen (secondary N) is 1. The molecular weight excluding hydrogens is 428 g/mol. The maximum Gasteiger partial charge on any atom is 0.135 e. The molecule has 35 heavy (non-hydrogen) atoms. The van der Waals surface area contributed by atoms with Crippen LogP contribution in [0.3, 0.4) is 0 Å². The lowest BCUT2D eigenvalue weighted by Gasteiger charge is -2.13. The number of allylic oxidation sites excluding steroid dienone is 5. The molecule has 0 atom stereocenters. The Morgan fingerprint density at radius 1 is 1.00 bits per heavy atom. The minimum atomic E-state index is 0.768. The van der Waals surface area contributed by atoms with Crippen molar-refractivity contribution in [1.29, 1.82) is 0 Å². The van der Waals surface area contributed by atoms with Crippen molar-refractivity contribution < 1.29 is 4.42 Å². The van der Waals surface area contributed by atoms with Crippen LogP contribution in [0.15, 0.2) is 120 Å². The van der Waals surface area contributed by atoms with Crippen LogP contribution in [-0.4, -0.2) is 0 Å². The van der Waals surface area contributed by atoms with Crippen LogP contribution in [0, 0.1) is 0 Å². The van der Waals surface area contributed by atoms with Gasteiger partial charge in [-0.25, -0.2) is 0 Å². The van der Waals surface area contributed by atoms with E-state index in [0.717, 1.165) is 62.5 Å². The number of rotatable bonds is 9. The lowest BCUT2D eigenvalue weighted by atomic mass is 10.0. The van der Waals surface area contributed by atoms with Gasteiger partial charge in [0.25, 0.3) is 0 Å². The summed E-state index contributed by atoms with van der Waals surface area (Å²) in [6.45, 7) is 10.1. The van der Waals surface area contributed by atoms with E-state index in [9.17, 15) is 0 Å². The Bertz CT molecular complexity index is 1440. The number of nitrogens with two attached hydrogens (primary N) is 1. The number of anilines is 2. The average molecular weight is 459 g/mol. The van der Waals surface area contributed by atoms with Crippen LogP contribution in [-0.2, 0) is 6.42 Å². The monoisotopic (exact) mass is 458 g/mol. The smallest absolute Gasteiger partial charge is 0.135 e. The molecule has 0 radical (unpaired) electrons. The average Bonchev–Trinajstić information content (AvgIpc) is 3.22. The van der Waals surface area contributed by atoms with E-state index in [1.165, 1.54) is 0 Å². The molecule has 0 aliphatic carbocycles. The highest BCUT2D eigenvalue weighted by molar-refractivity contribution is 5.93. The zero-order valence-corrected chi connectivity index (χ0v) is 20.0. The fourth-order valence-electron chi connectivity index (χ4n) is 4.09. The van der Waals surface area contributed by atoms with Crippen LogP contribution in [0.1, 0.15) is 29.4 Å². The Morgan fingerprint density at radius 3 is 2.54 bits per heavy atom. The first kappa shape index (κ1) is 23.7. The number of hydrogen-bond donors (Lipinski definition) is 2. The summed E-state index contributed by atoms with van der Waals surface area (Å²) in [6, 6.07) is 24.3. The number of nitrogen functional groups attached to an aromatic ring is 1. The summed E-state index contributed by atoms with van der Waals surface area (Å²) >= 11 is 0. The van der Waals surface area contributed by atoms with E-state index in [-0.39, 0.29) is 0 Å². The maximum absolute atomic E-state index is 6.14. The second kappa shape index (κ2) is 11.1. The van der Waals surface area contributed by atoms with Crippen molar-refractivity contribution >= 4 is 40.1 Å². The number of benzene rings is 3. The van der Waals surface area contributed by atoms with E-state index in [0.29, 0.717) is 0 Å². The predicted molar refractivity (Wildman–Crippen MR) is 152 cm³/mol. The van der Waals surface area contributed by atoms with Gasteiger partial charge in [0.15, 0.2) is 0 Å². The van der Waals surface area contributed by atoms with E-state index in [4.69, 9.17) is 10.2 Å². The Hall–Kier alpha value is -4.50. The van der Waals surface area contributed by atoms with Crippen molar-refractivity contribution in [2.75, 3.05) is 11.1 Å². The van der Waals surface area contributed by atoms with Crippen LogP contribution >= 0.6 is 0 Å². The Kier molecular flexibility index (Phi) is 7.49. The van der Waals surface area contributed by atoms with Crippen LogP contribution in [0.25, 0.3) is 28.7 Å². The molecule has 0 bridgehead atoms. The third-order valence-corrected chi connectivity index (χ3v) is 5.72. The van der Waals surface area contributed by atoms with Crippen molar-refractivity contribution in [3.63, 3.8) is 0 Å². The molecule has 0 aliphatic rings. The Labute approximate surface area is 207 Å². The standard InChI is InChI=1S/C32H30N2O/c1-4-12-30(27(5-2)24-15-8-7-9-16-24)34-26-19-20-32-29(22-26)28(6-3)31(35-32)18-11-14-23-13-10-17-25(33)21-23/h4-13,15-22,34H,2-3,14,33H2,1H3/b12-4-,18-11-,30-27-. The molecule has 4 rings (SSSR count). The van der Waals surface area contributed by atoms with E-state index < -0.39 is 0 Å². The molecule has 0 unspecified atom stereocenters. The first-order chi connectivity index (χ1) is 17.1. The van der Waals surface area contributed by atoms with Gasteiger partial charge in [0.1, 0.15) is 11.3 Å². The van der Waals surface area contributed by atoms with Crippen molar-refractivity contribution in [3.8, 4) is 0 Å². The molecule has 1 heterocycles. The van der Waals surface area contributed by atoms with Crippen molar-refractivity contribution in [2.24, 2.45) is 0 Å². The molecule has 1 aromatic heterocycles. The van der Waals surface area contributed by atoms with E-state index in [1.807, 2.05) is 79.8 Å². The zero-order valence-electron chi connectivity index (χ0n) is 20.0. The second-order valence-electron chi connectivity index (χ2n) is 8.17. The van der Waals surface area contributed by atoms with Crippen molar-refractivity contribution in [1.82, 2.24) is 0 Å². The van der Waals surface area contributed by atoms with Gasteiger partial charge >= 0.3 is 0 Å². The van der Waals surface area contributed by atoms with Gasteiger partial charge in [-0.15, -0.1) is 0 Å². The van der Waals surface area contributed by atoms with E-state index in [2.05, 4.69) is 54.9 Å². The fourth-order valence-corrected chi connectivity index (χ4v) is 4.09. The highest BCUT2D eigenvalue weighted by atomic mass is 16.3. The molecule has 3 N–H and O–H groups in total. The van der Waals surface area contributed by atoms with E-state index >= 15 is 0 Å². The lowest BCUT2D eigenvalue weighted by molar-refractivity contribution is 0.603. The molecule has 0 amide bonds. The van der Waals surface area contributed by atoms with Gasteiger partial charge in [-0.05, 0) is 67.0 Å². The largest absolute Gasteiger partial charge is 0.456 e. The third-order valence-electron chi connectivity index (χ3n) is 5.72. The third kappa shape index (κ3) is 5.53. The van der Waals surface area contributed by atoms with Crippen molar-refractivity contribution in [2.45, 2.75) is 13.3 Å². The van der Waals surface area contributed by atoms with Crippen LogP contribution in [0.2, 0.25) is 0 Å².